The fraction of sp³-hybridized carbons (Fsp3) is 0.375. The van der Waals surface area contributed by atoms with Gasteiger partial charge < -0.3 is 19.5 Å². The van der Waals surface area contributed by atoms with Crippen LogP contribution < -0.4 is 14.8 Å². The van der Waals surface area contributed by atoms with Gasteiger partial charge in [-0.15, -0.1) is 0 Å². The van der Waals surface area contributed by atoms with Gasteiger partial charge in [0.15, 0.2) is 11.5 Å². The van der Waals surface area contributed by atoms with E-state index >= 15 is 0 Å². The van der Waals surface area contributed by atoms with Crippen molar-refractivity contribution in [1.29, 1.82) is 5.26 Å². The molecule has 24 heavy (non-hydrogen) atoms. The number of nitrogens with zero attached hydrogens (tertiary/aromatic N) is 1. The van der Waals surface area contributed by atoms with Gasteiger partial charge in [-0.2, -0.15) is 14.0 Å². The number of rotatable bonds is 9. The number of para-hydroxylation sites is 1. The normalized spacial score (nSPS) is 11.1. The minimum atomic E-state index is -3.07. The zero-order chi connectivity index (χ0) is 17.9. The fourth-order valence-corrected chi connectivity index (χ4v) is 1.84. The number of carbonyl (C=O) groups excluding carboxylic acids is 1. The Balaban J connectivity index is 3.03. The average molecular weight is 340 g/mol. The van der Waals surface area contributed by atoms with Crippen molar-refractivity contribution in [2.24, 2.45) is 0 Å². The van der Waals surface area contributed by atoms with Crippen molar-refractivity contribution in [2.75, 3.05) is 27.4 Å². The molecule has 0 aromatic heterocycles. The van der Waals surface area contributed by atoms with Crippen LogP contribution in [0.25, 0.3) is 6.08 Å². The van der Waals surface area contributed by atoms with Crippen molar-refractivity contribution >= 4 is 12.0 Å². The van der Waals surface area contributed by atoms with Crippen molar-refractivity contribution in [2.45, 2.75) is 13.0 Å². The molecule has 0 aliphatic rings. The number of amides is 1. The van der Waals surface area contributed by atoms with Gasteiger partial charge in [-0.3, -0.25) is 4.79 Å². The summed E-state index contributed by atoms with van der Waals surface area (Å²) in [5, 5.41) is 11.7. The van der Waals surface area contributed by atoms with Gasteiger partial charge in [-0.25, -0.2) is 0 Å². The third-order valence-corrected chi connectivity index (χ3v) is 2.91. The van der Waals surface area contributed by atoms with E-state index in [4.69, 9.17) is 14.7 Å². The molecule has 1 rings (SSSR count). The second kappa shape index (κ2) is 10.2. The molecule has 0 spiro atoms. The lowest BCUT2D eigenvalue weighted by Gasteiger charge is -2.12. The van der Waals surface area contributed by atoms with E-state index in [1.54, 1.807) is 6.07 Å². The quantitative estimate of drug-likeness (QED) is 0.424. The van der Waals surface area contributed by atoms with E-state index < -0.39 is 12.5 Å². The molecule has 8 heteroatoms. The lowest BCUT2D eigenvalue weighted by atomic mass is 10.1. The Morgan fingerprint density at radius 2 is 2.17 bits per heavy atom. The lowest BCUT2D eigenvalue weighted by Crippen LogP contribution is -2.26. The van der Waals surface area contributed by atoms with Crippen molar-refractivity contribution in [3.05, 3.63) is 29.3 Å². The number of carbonyl (C=O) groups is 1. The first-order chi connectivity index (χ1) is 11.5. The number of ether oxygens (including phenoxy) is 3. The molecule has 0 unspecified atom stereocenters. The number of methoxy groups -OCH3 is 2. The molecule has 0 aliphatic carbocycles. The second-order valence-electron chi connectivity index (χ2n) is 4.53. The van der Waals surface area contributed by atoms with Crippen molar-refractivity contribution in [1.82, 2.24) is 5.32 Å². The monoisotopic (exact) mass is 340 g/mol. The molecule has 6 nitrogen and oxygen atoms in total. The van der Waals surface area contributed by atoms with E-state index in [0.29, 0.717) is 19.6 Å². The van der Waals surface area contributed by atoms with Gasteiger partial charge in [0, 0.05) is 25.8 Å². The highest BCUT2D eigenvalue weighted by Gasteiger charge is 2.16. The van der Waals surface area contributed by atoms with Crippen molar-refractivity contribution in [3.63, 3.8) is 0 Å². The highest BCUT2D eigenvalue weighted by Crippen LogP contribution is 2.33. The van der Waals surface area contributed by atoms with E-state index in [9.17, 15) is 13.6 Å². The molecular formula is C16H18F2N2O4. The van der Waals surface area contributed by atoms with E-state index in [1.807, 2.05) is 0 Å². The third-order valence-electron chi connectivity index (χ3n) is 2.91. The van der Waals surface area contributed by atoms with E-state index in [1.165, 1.54) is 38.5 Å². The zero-order valence-corrected chi connectivity index (χ0v) is 13.3. The summed E-state index contributed by atoms with van der Waals surface area (Å²) in [6.07, 6.45) is 1.76. The minimum Gasteiger partial charge on any atom is -0.493 e. The summed E-state index contributed by atoms with van der Waals surface area (Å²) >= 11 is 0. The lowest BCUT2D eigenvalue weighted by molar-refractivity contribution is -0.117. The topological polar surface area (TPSA) is 80.6 Å². The van der Waals surface area contributed by atoms with Gasteiger partial charge in [0.25, 0.3) is 5.91 Å². The van der Waals surface area contributed by atoms with Gasteiger partial charge in [0.05, 0.1) is 7.11 Å². The predicted octanol–water partition coefficient (Wildman–Crippen LogP) is 2.36. The van der Waals surface area contributed by atoms with Crippen LogP contribution in [0.3, 0.4) is 0 Å². The Labute approximate surface area is 138 Å². The molecule has 0 saturated carbocycles. The Morgan fingerprint density at radius 3 is 2.75 bits per heavy atom. The minimum absolute atomic E-state index is 0.0712. The molecule has 1 aromatic rings. The number of benzene rings is 1. The van der Waals surface area contributed by atoms with Crippen LogP contribution in [0.4, 0.5) is 8.78 Å². The smallest absolute Gasteiger partial charge is 0.387 e. The highest BCUT2D eigenvalue weighted by atomic mass is 19.3. The molecule has 1 aromatic carbocycles. The van der Waals surface area contributed by atoms with Gasteiger partial charge >= 0.3 is 6.61 Å². The molecule has 0 radical (unpaired) electrons. The maximum atomic E-state index is 12.6. The van der Waals surface area contributed by atoms with Crippen molar-refractivity contribution in [3.8, 4) is 17.6 Å². The molecule has 1 amide bonds. The Bertz CT molecular complexity index is 627. The molecule has 0 heterocycles. The van der Waals surface area contributed by atoms with Crippen LogP contribution in [-0.2, 0) is 9.53 Å². The SMILES string of the molecule is COCCCNC(=O)/C(C#N)=C/c1cccc(OC)c1OC(F)F. The Kier molecular flexibility index (Phi) is 8.22. The first-order valence-electron chi connectivity index (χ1n) is 7.04. The maximum Gasteiger partial charge on any atom is 0.387 e. The number of alkyl halides is 2. The Hall–Kier alpha value is -2.66. The van der Waals surface area contributed by atoms with E-state index in [0.717, 1.165) is 0 Å². The average Bonchev–Trinajstić information content (AvgIpc) is 2.57. The van der Waals surface area contributed by atoms with Gasteiger partial charge in [-0.1, -0.05) is 12.1 Å². The van der Waals surface area contributed by atoms with Crippen LogP contribution in [0.2, 0.25) is 0 Å². The van der Waals surface area contributed by atoms with Crippen LogP contribution in [0.15, 0.2) is 23.8 Å². The molecule has 130 valence electrons. The molecule has 0 aliphatic heterocycles. The number of nitrogens with one attached hydrogen (secondary N) is 1. The Morgan fingerprint density at radius 1 is 1.42 bits per heavy atom. The van der Waals surface area contributed by atoms with E-state index in [-0.39, 0.29) is 22.6 Å². The zero-order valence-electron chi connectivity index (χ0n) is 13.3. The number of hydrogen-bond donors (Lipinski definition) is 1. The number of nitriles is 1. The summed E-state index contributed by atoms with van der Waals surface area (Å²) in [6.45, 7) is -2.28. The largest absolute Gasteiger partial charge is 0.493 e. The summed E-state index contributed by atoms with van der Waals surface area (Å²) < 4.78 is 39.4. The van der Waals surface area contributed by atoms with Crippen LogP contribution >= 0.6 is 0 Å². The second-order valence-corrected chi connectivity index (χ2v) is 4.53. The molecule has 0 atom stereocenters. The highest BCUT2D eigenvalue weighted by molar-refractivity contribution is 6.02. The van der Waals surface area contributed by atoms with Gasteiger partial charge in [0.1, 0.15) is 11.6 Å². The van der Waals surface area contributed by atoms with Crippen LogP contribution in [0, 0.1) is 11.3 Å². The summed E-state index contributed by atoms with van der Waals surface area (Å²) in [5.74, 6) is -0.781. The fourth-order valence-electron chi connectivity index (χ4n) is 1.84. The molecular weight excluding hydrogens is 322 g/mol. The summed E-state index contributed by atoms with van der Waals surface area (Å²) in [6, 6.07) is 6.16. The predicted molar refractivity (Wildman–Crippen MR) is 82.7 cm³/mol. The summed E-state index contributed by atoms with van der Waals surface area (Å²) in [5.41, 5.74) is -0.0990. The summed E-state index contributed by atoms with van der Waals surface area (Å²) in [7, 11) is 2.84. The molecule has 0 fully saturated rings. The van der Waals surface area contributed by atoms with Crippen LogP contribution in [-0.4, -0.2) is 39.9 Å². The van der Waals surface area contributed by atoms with Crippen LogP contribution in [0.5, 0.6) is 11.5 Å². The number of hydrogen-bond acceptors (Lipinski definition) is 5. The first-order valence-corrected chi connectivity index (χ1v) is 7.04. The molecule has 0 saturated heterocycles. The van der Waals surface area contributed by atoms with Gasteiger partial charge in [-0.05, 0) is 18.6 Å². The first kappa shape index (κ1) is 19.4. The maximum absolute atomic E-state index is 12.6. The molecule has 1 N–H and O–H groups in total. The van der Waals surface area contributed by atoms with E-state index in [2.05, 4.69) is 10.1 Å². The third kappa shape index (κ3) is 5.85. The summed E-state index contributed by atoms with van der Waals surface area (Å²) in [4.78, 5) is 12.0. The number of halogens is 2. The van der Waals surface area contributed by atoms with Gasteiger partial charge in [0.2, 0.25) is 0 Å². The standard InChI is InChI=1S/C16H18F2N2O4/c1-22-8-4-7-20-15(21)12(10-19)9-11-5-3-6-13(23-2)14(11)24-16(17)18/h3,5-6,9,16H,4,7-8H2,1-2H3,(H,20,21)/b12-9+. The van der Waals surface area contributed by atoms with Crippen LogP contribution in [0.1, 0.15) is 12.0 Å². The van der Waals surface area contributed by atoms with Crippen molar-refractivity contribution < 1.29 is 27.8 Å². The molecule has 0 bridgehead atoms.